The summed E-state index contributed by atoms with van der Waals surface area (Å²) >= 11 is 1.65. The van der Waals surface area contributed by atoms with Gasteiger partial charge in [-0.1, -0.05) is 20.8 Å². The first-order chi connectivity index (χ1) is 9.79. The topological polar surface area (TPSA) is 66.4 Å². The monoisotopic (exact) mass is 309 g/mol. The fraction of sp³-hybridized carbons (Fsp3) is 0.625. The number of thiophene rings is 1. The summed E-state index contributed by atoms with van der Waals surface area (Å²) in [6.07, 6.45) is 4.29. The maximum absolute atomic E-state index is 12.5. The van der Waals surface area contributed by atoms with E-state index in [-0.39, 0.29) is 23.8 Å². The van der Waals surface area contributed by atoms with Gasteiger partial charge in [0.2, 0.25) is 0 Å². The highest BCUT2D eigenvalue weighted by atomic mass is 32.1. The Kier molecular flexibility index (Phi) is 4.71. The molecule has 1 unspecified atom stereocenters. The van der Waals surface area contributed by atoms with E-state index in [1.807, 2.05) is 26.2 Å². The lowest BCUT2D eigenvalue weighted by atomic mass is 9.84. The summed E-state index contributed by atoms with van der Waals surface area (Å²) in [5, 5.41) is 13.9. The van der Waals surface area contributed by atoms with Crippen LogP contribution in [0.4, 0.5) is 0 Å². The van der Waals surface area contributed by atoms with Gasteiger partial charge in [-0.3, -0.25) is 9.59 Å². The second-order valence-corrected chi connectivity index (χ2v) is 7.71. The summed E-state index contributed by atoms with van der Waals surface area (Å²) in [5.74, 6) is -1.02. The first-order valence-corrected chi connectivity index (χ1v) is 8.29. The number of carboxylic acids is 1. The van der Waals surface area contributed by atoms with Crippen LogP contribution in [-0.4, -0.2) is 23.0 Å². The van der Waals surface area contributed by atoms with Gasteiger partial charge in [-0.05, 0) is 36.7 Å². The Hall–Kier alpha value is -1.36. The van der Waals surface area contributed by atoms with Gasteiger partial charge < -0.3 is 10.4 Å². The number of hydrogen-bond donors (Lipinski definition) is 2. The summed E-state index contributed by atoms with van der Waals surface area (Å²) in [6.45, 7) is 5.85. The van der Waals surface area contributed by atoms with Crippen molar-refractivity contribution < 1.29 is 14.7 Å². The van der Waals surface area contributed by atoms with Gasteiger partial charge in [0, 0.05) is 16.3 Å². The van der Waals surface area contributed by atoms with E-state index >= 15 is 0 Å². The van der Waals surface area contributed by atoms with Crippen LogP contribution in [0.5, 0.6) is 0 Å². The second-order valence-electron chi connectivity index (χ2n) is 6.75. The Balaban J connectivity index is 2.15. The maximum Gasteiger partial charge on any atom is 0.305 e. The third kappa shape index (κ3) is 3.84. The van der Waals surface area contributed by atoms with Crippen LogP contribution < -0.4 is 5.32 Å². The van der Waals surface area contributed by atoms with Gasteiger partial charge in [0.05, 0.1) is 12.0 Å². The lowest BCUT2D eigenvalue weighted by molar-refractivity contribution is -0.138. The van der Waals surface area contributed by atoms with Gasteiger partial charge in [-0.25, -0.2) is 0 Å². The molecule has 1 atom stereocenters. The minimum Gasteiger partial charge on any atom is -0.481 e. The Morgan fingerprint density at radius 2 is 2.00 bits per heavy atom. The van der Waals surface area contributed by atoms with Gasteiger partial charge in [-0.2, -0.15) is 0 Å². The van der Waals surface area contributed by atoms with Crippen LogP contribution in [0.15, 0.2) is 5.38 Å². The average molecular weight is 309 g/mol. The van der Waals surface area contributed by atoms with Crippen molar-refractivity contribution in [3.8, 4) is 0 Å². The van der Waals surface area contributed by atoms with Crippen molar-refractivity contribution in [1.29, 1.82) is 0 Å². The predicted octanol–water partition coefficient (Wildman–Crippen LogP) is 3.25. The molecule has 1 aromatic rings. The number of carbonyl (C=O) groups excluding carboxylic acids is 1. The average Bonchev–Trinajstić information content (AvgIpc) is 2.80. The van der Waals surface area contributed by atoms with E-state index < -0.39 is 5.97 Å². The molecule has 116 valence electrons. The van der Waals surface area contributed by atoms with Crippen molar-refractivity contribution in [3.05, 3.63) is 21.4 Å². The zero-order valence-electron chi connectivity index (χ0n) is 12.9. The quantitative estimate of drug-likeness (QED) is 0.897. The number of aryl methyl sites for hydroxylation is 1. The van der Waals surface area contributed by atoms with Crippen LogP contribution >= 0.6 is 11.3 Å². The first-order valence-electron chi connectivity index (χ1n) is 7.41. The Labute approximate surface area is 129 Å². The highest BCUT2D eigenvalue weighted by molar-refractivity contribution is 7.10. The zero-order valence-corrected chi connectivity index (χ0v) is 13.7. The number of carboxylic acid groups (broad SMARTS) is 1. The molecule has 21 heavy (non-hydrogen) atoms. The van der Waals surface area contributed by atoms with Crippen molar-refractivity contribution in [2.45, 2.75) is 58.9 Å². The zero-order chi connectivity index (χ0) is 15.6. The van der Waals surface area contributed by atoms with E-state index in [1.165, 1.54) is 16.9 Å². The molecule has 1 aliphatic rings. The lowest BCUT2D eigenvalue weighted by Gasteiger charge is -2.30. The molecular formula is C16H23NO3S. The molecule has 2 N–H and O–H groups in total. The molecular weight excluding hydrogens is 286 g/mol. The molecule has 0 radical (unpaired) electrons. The summed E-state index contributed by atoms with van der Waals surface area (Å²) < 4.78 is 0. The number of aliphatic carboxylic acids is 1. The highest BCUT2D eigenvalue weighted by Gasteiger charge is 2.30. The number of rotatable bonds is 4. The lowest BCUT2D eigenvalue weighted by Crippen LogP contribution is -2.45. The van der Waals surface area contributed by atoms with Crippen molar-refractivity contribution in [2.75, 3.05) is 0 Å². The summed E-state index contributed by atoms with van der Waals surface area (Å²) in [4.78, 5) is 24.8. The van der Waals surface area contributed by atoms with Crippen LogP contribution in [-0.2, 0) is 17.6 Å². The molecule has 0 fully saturated rings. The third-order valence-corrected chi connectivity index (χ3v) is 5.12. The van der Waals surface area contributed by atoms with E-state index in [1.54, 1.807) is 11.3 Å². The fourth-order valence-electron chi connectivity index (χ4n) is 2.67. The van der Waals surface area contributed by atoms with Crippen molar-refractivity contribution >= 4 is 23.2 Å². The van der Waals surface area contributed by atoms with Crippen LogP contribution in [0.3, 0.4) is 0 Å². The molecule has 1 aliphatic carbocycles. The Bertz CT molecular complexity index is 542. The smallest absolute Gasteiger partial charge is 0.305 e. The number of fused-ring (bicyclic) bond motifs is 1. The van der Waals surface area contributed by atoms with Gasteiger partial charge in [0.1, 0.15) is 0 Å². The van der Waals surface area contributed by atoms with Gasteiger partial charge in [-0.15, -0.1) is 11.3 Å². The van der Waals surface area contributed by atoms with E-state index in [2.05, 4.69) is 5.32 Å². The molecule has 5 heteroatoms. The maximum atomic E-state index is 12.5. The number of hydrogen-bond acceptors (Lipinski definition) is 3. The van der Waals surface area contributed by atoms with Gasteiger partial charge in [0.25, 0.3) is 5.91 Å². The van der Waals surface area contributed by atoms with E-state index in [9.17, 15) is 9.59 Å². The van der Waals surface area contributed by atoms with E-state index in [4.69, 9.17) is 5.11 Å². The SMILES string of the molecule is CC(C)(C)C(CC(=O)O)NC(=O)c1csc2c1CCCC2. The number of carbonyl (C=O) groups is 2. The summed E-state index contributed by atoms with van der Waals surface area (Å²) in [7, 11) is 0. The predicted molar refractivity (Wildman–Crippen MR) is 83.9 cm³/mol. The van der Waals surface area contributed by atoms with Crippen molar-refractivity contribution in [3.63, 3.8) is 0 Å². The van der Waals surface area contributed by atoms with Crippen molar-refractivity contribution in [1.82, 2.24) is 5.32 Å². The fourth-order valence-corrected chi connectivity index (χ4v) is 3.79. The van der Waals surface area contributed by atoms with Gasteiger partial charge >= 0.3 is 5.97 Å². The molecule has 4 nitrogen and oxygen atoms in total. The Morgan fingerprint density at radius 1 is 1.33 bits per heavy atom. The normalized spacial score (nSPS) is 16.1. The third-order valence-electron chi connectivity index (χ3n) is 4.04. The standard InChI is InChI=1S/C16H23NO3S/c1-16(2,3)13(8-14(18)19)17-15(20)11-9-21-12-7-5-4-6-10(11)12/h9,13H,4-8H2,1-3H3,(H,17,20)(H,18,19). The molecule has 0 saturated heterocycles. The Morgan fingerprint density at radius 3 is 2.62 bits per heavy atom. The van der Waals surface area contributed by atoms with E-state index in [0.717, 1.165) is 24.8 Å². The number of amides is 1. The van der Waals surface area contributed by atoms with E-state index in [0.29, 0.717) is 0 Å². The minimum absolute atomic E-state index is 0.0540. The van der Waals surface area contributed by atoms with Gasteiger partial charge in [0.15, 0.2) is 0 Å². The molecule has 0 bridgehead atoms. The molecule has 0 aromatic carbocycles. The first kappa shape index (κ1) is 16.0. The molecule has 2 rings (SSSR count). The van der Waals surface area contributed by atoms with Crippen molar-refractivity contribution in [2.24, 2.45) is 5.41 Å². The molecule has 0 saturated carbocycles. The molecule has 1 heterocycles. The minimum atomic E-state index is -0.887. The van der Waals surface area contributed by atoms with Crippen LogP contribution in [0, 0.1) is 5.41 Å². The second kappa shape index (κ2) is 6.18. The number of nitrogens with one attached hydrogen (secondary N) is 1. The summed E-state index contributed by atoms with van der Waals surface area (Å²) in [5.41, 5.74) is 1.63. The van der Waals surface area contributed by atoms with Crippen LogP contribution in [0.25, 0.3) is 0 Å². The van der Waals surface area contributed by atoms with Crippen LogP contribution in [0.1, 0.15) is 60.8 Å². The molecule has 1 amide bonds. The van der Waals surface area contributed by atoms with Crippen LogP contribution in [0.2, 0.25) is 0 Å². The molecule has 0 spiro atoms. The molecule has 0 aliphatic heterocycles. The highest BCUT2D eigenvalue weighted by Crippen LogP contribution is 2.31. The summed E-state index contributed by atoms with van der Waals surface area (Å²) in [6, 6.07) is -0.373. The largest absolute Gasteiger partial charge is 0.481 e. The molecule has 1 aromatic heterocycles.